The number of hydrogen-bond acceptors (Lipinski definition) is 6. The number of anilines is 1. The Labute approximate surface area is 170 Å². The number of rotatable bonds is 12. The average Bonchev–Trinajstić information content (AvgIpc) is 2.70. The largest absolute Gasteiger partial charge is 0.463 e. The molecule has 6 heteroatoms. The van der Waals surface area contributed by atoms with Gasteiger partial charge in [-0.15, -0.1) is 0 Å². The highest BCUT2D eigenvalue weighted by Crippen LogP contribution is 2.27. The standard InChI is InChI=1S/C22H37N5O/c1-5-7-8-18(4)16-28-22-25-20-14-24-12-10-19(20)21(26-22)27(13-6-2)15-17(3)9-11-23/h17-18,24H,5-10,12-16H2,1-4H3/t17?,18-/m0/s1. The van der Waals surface area contributed by atoms with Crippen LogP contribution in [0.1, 0.15) is 71.1 Å². The van der Waals surface area contributed by atoms with E-state index in [-0.39, 0.29) is 0 Å². The van der Waals surface area contributed by atoms with Crippen molar-refractivity contribution in [2.24, 2.45) is 11.8 Å². The third kappa shape index (κ3) is 6.63. The van der Waals surface area contributed by atoms with Gasteiger partial charge in [-0.25, -0.2) is 0 Å². The Morgan fingerprint density at radius 3 is 2.75 bits per heavy atom. The maximum absolute atomic E-state index is 9.05. The summed E-state index contributed by atoms with van der Waals surface area (Å²) >= 11 is 0. The van der Waals surface area contributed by atoms with E-state index in [1.165, 1.54) is 24.8 Å². The second-order valence-electron chi connectivity index (χ2n) is 8.15. The Hall–Kier alpha value is -1.87. The van der Waals surface area contributed by atoms with Gasteiger partial charge in [0.05, 0.1) is 18.4 Å². The predicted molar refractivity (Wildman–Crippen MR) is 114 cm³/mol. The summed E-state index contributed by atoms with van der Waals surface area (Å²) < 4.78 is 6.02. The van der Waals surface area contributed by atoms with Crippen LogP contribution in [0.4, 0.5) is 5.82 Å². The van der Waals surface area contributed by atoms with Crippen molar-refractivity contribution in [1.82, 2.24) is 15.3 Å². The molecule has 1 unspecified atom stereocenters. The Balaban J connectivity index is 2.23. The first-order valence-electron chi connectivity index (χ1n) is 10.9. The van der Waals surface area contributed by atoms with E-state index < -0.39 is 0 Å². The highest BCUT2D eigenvalue weighted by Gasteiger charge is 2.23. The first kappa shape index (κ1) is 22.4. The molecule has 2 heterocycles. The number of hydrogen-bond donors (Lipinski definition) is 1. The van der Waals surface area contributed by atoms with Crippen LogP contribution in [0.3, 0.4) is 0 Å². The van der Waals surface area contributed by atoms with Gasteiger partial charge in [-0.1, -0.05) is 40.5 Å². The van der Waals surface area contributed by atoms with Gasteiger partial charge in [-0.2, -0.15) is 15.2 Å². The van der Waals surface area contributed by atoms with Crippen molar-refractivity contribution in [3.8, 4) is 12.1 Å². The molecule has 0 aliphatic carbocycles. The molecule has 0 radical (unpaired) electrons. The summed E-state index contributed by atoms with van der Waals surface area (Å²) in [6, 6.07) is 2.79. The van der Waals surface area contributed by atoms with Crippen molar-refractivity contribution in [3.63, 3.8) is 0 Å². The minimum atomic E-state index is 0.308. The van der Waals surface area contributed by atoms with Crippen LogP contribution >= 0.6 is 0 Å². The first-order valence-corrected chi connectivity index (χ1v) is 10.9. The van der Waals surface area contributed by atoms with E-state index in [0.717, 1.165) is 50.5 Å². The van der Waals surface area contributed by atoms with Crippen molar-refractivity contribution >= 4 is 5.82 Å². The van der Waals surface area contributed by atoms with E-state index in [2.05, 4.69) is 44.0 Å². The molecule has 0 saturated carbocycles. The minimum absolute atomic E-state index is 0.308. The molecule has 1 aromatic heterocycles. The lowest BCUT2D eigenvalue weighted by atomic mass is 10.0. The molecule has 1 aromatic rings. The Morgan fingerprint density at radius 2 is 2.04 bits per heavy atom. The van der Waals surface area contributed by atoms with Gasteiger partial charge in [0.1, 0.15) is 5.82 Å². The van der Waals surface area contributed by atoms with Crippen LogP contribution in [0, 0.1) is 23.2 Å². The number of ether oxygens (including phenoxy) is 1. The zero-order chi connectivity index (χ0) is 20.4. The second kappa shape index (κ2) is 11.9. The highest BCUT2D eigenvalue weighted by molar-refractivity contribution is 5.51. The zero-order valence-electron chi connectivity index (χ0n) is 18.1. The minimum Gasteiger partial charge on any atom is -0.463 e. The quantitative estimate of drug-likeness (QED) is 0.582. The maximum Gasteiger partial charge on any atom is 0.318 e. The molecule has 0 amide bonds. The number of nitrogens with one attached hydrogen (secondary N) is 1. The fourth-order valence-electron chi connectivity index (χ4n) is 3.65. The van der Waals surface area contributed by atoms with Crippen LogP contribution in [-0.4, -0.2) is 36.2 Å². The third-order valence-corrected chi connectivity index (χ3v) is 5.21. The van der Waals surface area contributed by atoms with E-state index in [0.29, 0.717) is 30.9 Å². The van der Waals surface area contributed by atoms with E-state index >= 15 is 0 Å². The van der Waals surface area contributed by atoms with Crippen molar-refractivity contribution < 1.29 is 4.74 Å². The third-order valence-electron chi connectivity index (χ3n) is 5.21. The maximum atomic E-state index is 9.05. The number of aromatic nitrogens is 2. The van der Waals surface area contributed by atoms with E-state index in [9.17, 15) is 0 Å². The highest BCUT2D eigenvalue weighted by atomic mass is 16.5. The number of nitriles is 1. The molecular formula is C22H37N5O. The fraction of sp³-hybridized carbons (Fsp3) is 0.773. The lowest BCUT2D eigenvalue weighted by Crippen LogP contribution is -2.34. The van der Waals surface area contributed by atoms with Gasteiger partial charge in [0, 0.05) is 31.6 Å². The number of nitrogens with zero attached hydrogens (tertiary/aromatic N) is 4. The topological polar surface area (TPSA) is 74.1 Å². The van der Waals surface area contributed by atoms with E-state index in [1.807, 2.05) is 0 Å². The van der Waals surface area contributed by atoms with E-state index in [1.54, 1.807) is 0 Å². The van der Waals surface area contributed by atoms with Crippen LogP contribution in [0.2, 0.25) is 0 Å². The van der Waals surface area contributed by atoms with Gasteiger partial charge in [0.15, 0.2) is 0 Å². The monoisotopic (exact) mass is 387 g/mol. The molecule has 28 heavy (non-hydrogen) atoms. The van der Waals surface area contributed by atoms with Gasteiger partial charge in [0.2, 0.25) is 0 Å². The molecule has 156 valence electrons. The summed E-state index contributed by atoms with van der Waals surface area (Å²) in [6.45, 7) is 12.9. The van der Waals surface area contributed by atoms with Crippen molar-refractivity contribution in [2.75, 3.05) is 31.1 Å². The van der Waals surface area contributed by atoms with Gasteiger partial charge in [-0.3, -0.25) is 0 Å². The van der Waals surface area contributed by atoms with Crippen LogP contribution in [0.25, 0.3) is 0 Å². The number of fused-ring (bicyclic) bond motifs is 1. The molecule has 0 aromatic carbocycles. The fourth-order valence-corrected chi connectivity index (χ4v) is 3.65. The molecule has 6 nitrogen and oxygen atoms in total. The zero-order valence-corrected chi connectivity index (χ0v) is 18.1. The van der Waals surface area contributed by atoms with Crippen molar-refractivity contribution in [2.45, 2.75) is 72.8 Å². The molecule has 1 aliphatic rings. The average molecular weight is 388 g/mol. The molecule has 2 atom stereocenters. The summed E-state index contributed by atoms with van der Waals surface area (Å²) in [5.41, 5.74) is 2.30. The van der Waals surface area contributed by atoms with Gasteiger partial charge in [0.25, 0.3) is 0 Å². The Morgan fingerprint density at radius 1 is 1.21 bits per heavy atom. The van der Waals surface area contributed by atoms with Gasteiger partial charge >= 0.3 is 6.01 Å². The van der Waals surface area contributed by atoms with Gasteiger partial charge < -0.3 is 15.0 Å². The smallest absolute Gasteiger partial charge is 0.318 e. The molecular weight excluding hydrogens is 350 g/mol. The predicted octanol–water partition coefficient (Wildman–Crippen LogP) is 4.09. The second-order valence-corrected chi connectivity index (χ2v) is 8.15. The normalized spacial score (nSPS) is 15.4. The molecule has 0 fully saturated rings. The Kier molecular flexibility index (Phi) is 9.49. The molecule has 2 rings (SSSR count). The summed E-state index contributed by atoms with van der Waals surface area (Å²) in [5, 5.41) is 12.5. The van der Waals surface area contributed by atoms with Crippen LogP contribution in [-0.2, 0) is 13.0 Å². The van der Waals surface area contributed by atoms with Crippen molar-refractivity contribution in [1.29, 1.82) is 5.26 Å². The summed E-state index contributed by atoms with van der Waals surface area (Å²) in [6.07, 6.45) is 6.15. The van der Waals surface area contributed by atoms with Gasteiger partial charge in [-0.05, 0) is 37.6 Å². The lowest BCUT2D eigenvalue weighted by Gasteiger charge is -2.30. The first-order chi connectivity index (χ1) is 13.6. The summed E-state index contributed by atoms with van der Waals surface area (Å²) in [4.78, 5) is 11.9. The molecule has 1 N–H and O–H groups in total. The van der Waals surface area contributed by atoms with Crippen LogP contribution < -0.4 is 15.0 Å². The molecule has 1 aliphatic heterocycles. The Bertz CT molecular complexity index is 643. The molecule has 0 bridgehead atoms. The van der Waals surface area contributed by atoms with E-state index in [4.69, 9.17) is 20.0 Å². The number of unbranched alkanes of at least 4 members (excludes halogenated alkanes) is 1. The van der Waals surface area contributed by atoms with Crippen LogP contribution in [0.5, 0.6) is 6.01 Å². The molecule has 0 saturated heterocycles. The summed E-state index contributed by atoms with van der Waals surface area (Å²) in [5.74, 6) is 1.82. The lowest BCUT2D eigenvalue weighted by molar-refractivity contribution is 0.231. The van der Waals surface area contributed by atoms with Crippen molar-refractivity contribution in [3.05, 3.63) is 11.3 Å². The summed E-state index contributed by atoms with van der Waals surface area (Å²) in [7, 11) is 0. The van der Waals surface area contributed by atoms with Crippen LogP contribution in [0.15, 0.2) is 0 Å². The SMILES string of the molecule is CCCC[C@H](C)COc1nc2c(c(N(CCC)CC(C)CC#N)n1)CCNC2. The molecule has 0 spiro atoms.